The molecule has 2 aliphatic carbocycles. The summed E-state index contributed by atoms with van der Waals surface area (Å²) in [6.07, 6.45) is 31.8. The summed E-state index contributed by atoms with van der Waals surface area (Å²) >= 11 is 0. The first-order valence-electron chi connectivity index (χ1n) is 51.3. The number of imidazole rings is 5. The summed E-state index contributed by atoms with van der Waals surface area (Å²) in [6, 6.07) is 84.5. The van der Waals surface area contributed by atoms with Crippen LogP contribution in [0.1, 0.15) is 309 Å². The molecule has 10 heterocycles. The zero-order chi connectivity index (χ0) is 98.7. The Balaban J connectivity index is 0.000000120. The van der Waals surface area contributed by atoms with Crippen molar-refractivity contribution in [2.45, 2.75) is 281 Å². The van der Waals surface area contributed by atoms with Gasteiger partial charge in [0.15, 0.2) is 68.0 Å². The third kappa shape index (κ3) is 16.6. The van der Waals surface area contributed by atoms with E-state index in [1.165, 1.54) is 176 Å². The summed E-state index contributed by atoms with van der Waals surface area (Å²) in [7, 11) is 0. The van der Waals surface area contributed by atoms with Crippen molar-refractivity contribution in [2.75, 3.05) is 0 Å². The number of aryl methyl sites for hydroxylation is 5. The zero-order valence-electron chi connectivity index (χ0n) is 88.7. The van der Waals surface area contributed by atoms with Gasteiger partial charge in [0.1, 0.15) is 47.0 Å². The number of benzene rings is 9. The Morgan fingerprint density at radius 1 is 0.306 bits per heavy atom. The maximum Gasteiger partial charge on any atom is 0.269 e. The van der Waals surface area contributed by atoms with Gasteiger partial charge < -0.3 is 0 Å². The molecule has 3 unspecified atom stereocenters. The molecule has 14 aromatic rings. The van der Waals surface area contributed by atoms with E-state index in [1.807, 2.05) is 59.2 Å². The predicted molar refractivity (Wildman–Crippen MR) is 556 cm³/mol. The second kappa shape index (κ2) is 36.5. The second-order valence-corrected chi connectivity index (χ2v) is 43.6. The monoisotopic (exact) mass is 1780 g/mol. The highest BCUT2D eigenvalue weighted by atomic mass is 15.3. The number of nitrogens with zero attached hydrogens (tertiary/aromatic N) is 10. The molecule has 0 radical (unpaired) electrons. The molecule has 2 saturated carbocycles. The van der Waals surface area contributed by atoms with Crippen LogP contribution in [-0.4, -0.2) is 22.8 Å². The summed E-state index contributed by atoms with van der Waals surface area (Å²) in [5, 5.41) is 0. The molecule has 10 heteroatoms. The van der Waals surface area contributed by atoms with Crippen LogP contribution >= 0.6 is 0 Å². The molecule has 688 valence electrons. The normalized spacial score (nSPS) is 19.3. The molecule has 0 spiro atoms. The predicted octanol–water partition coefficient (Wildman–Crippen LogP) is 27.6. The number of para-hydroxylation sites is 5. The fourth-order valence-electron chi connectivity index (χ4n) is 22.9. The van der Waals surface area contributed by atoms with Gasteiger partial charge in [0.05, 0.1) is 32.6 Å². The lowest BCUT2D eigenvalue weighted by Crippen LogP contribution is -2.62. The molecule has 0 N–H and O–H groups in total. The average Bonchev–Trinajstić information content (AvgIpc) is 1.53. The number of hydrogen-bond donors (Lipinski definition) is 0. The highest BCUT2D eigenvalue weighted by Crippen LogP contribution is 2.49. The van der Waals surface area contributed by atoms with Crippen LogP contribution in [-0.2, 0) is 44.6 Å². The molecule has 5 aliphatic heterocycles. The molecule has 2 fully saturated rings. The van der Waals surface area contributed by atoms with Gasteiger partial charge in [-0.1, -0.05) is 238 Å². The van der Waals surface area contributed by atoms with Crippen LogP contribution in [0.4, 0.5) is 0 Å². The van der Waals surface area contributed by atoms with Gasteiger partial charge in [-0.3, -0.25) is 0 Å². The third-order valence-electron chi connectivity index (χ3n) is 28.9. The summed E-state index contributed by atoms with van der Waals surface area (Å²) in [5.41, 5.74) is 28.4. The summed E-state index contributed by atoms with van der Waals surface area (Å²) in [4.78, 5) is 0. The lowest BCUT2D eigenvalue weighted by atomic mass is 9.76. The van der Waals surface area contributed by atoms with Crippen LogP contribution in [0.2, 0.25) is 0 Å². The largest absolute Gasteiger partial charge is 0.269 e. The fourth-order valence-corrected chi connectivity index (χ4v) is 22.9. The molecule has 0 amide bonds. The van der Waals surface area contributed by atoms with E-state index >= 15 is 0 Å². The van der Waals surface area contributed by atoms with Crippen LogP contribution in [0.25, 0.3) is 58.8 Å². The SMILES string of the molecule is Cc1ccccc1-n1c(C)c2[n+](c1C(C)(C)C)C(c1ccccc1)(C1CCCC1)C=C2.Cc1ccccc1-n1c(C)c2[n+](c1C(C)(C)C)C(c1ccccc1)(c1ccccc1)C=C2.[2H]C1(C2CCCC2)C=Cc2c(C)n(-c3ccccc3C)c(C(C)(C)C)[n+]21.[2H]C1([2H])C=Cc2c(C)n(-c3ccccc3C)c(C(C)(C)C)[n+]21.[2H]C1(c2ccccc2)C=Cc2c(C)n(-c3ccccc3C)c(C(C)(C)C)[n+]21. The van der Waals surface area contributed by atoms with E-state index in [-0.39, 0.29) is 38.2 Å². The minimum atomic E-state index is -1.48. The van der Waals surface area contributed by atoms with Crippen LogP contribution in [0.3, 0.4) is 0 Å². The number of hydrogen-bond acceptors (Lipinski definition) is 0. The van der Waals surface area contributed by atoms with Crippen molar-refractivity contribution in [1.82, 2.24) is 22.8 Å². The Hall–Kier alpha value is -12.3. The van der Waals surface area contributed by atoms with Gasteiger partial charge in [-0.05, 0) is 283 Å². The van der Waals surface area contributed by atoms with E-state index in [1.54, 1.807) is 6.08 Å². The van der Waals surface area contributed by atoms with Gasteiger partial charge in [-0.15, -0.1) is 0 Å². The average molecular weight is 1780 g/mol. The molecular weight excluding hydrogens is 1630 g/mol. The molecular formula is C124H147N10+5. The second-order valence-electron chi connectivity index (χ2n) is 43.6. The van der Waals surface area contributed by atoms with E-state index in [0.29, 0.717) is 11.8 Å². The summed E-state index contributed by atoms with van der Waals surface area (Å²) < 4.78 is 59.3. The first-order chi connectivity index (χ1) is 65.3. The Bertz CT molecular complexity index is 7050. The van der Waals surface area contributed by atoms with Crippen LogP contribution in [0, 0.1) is 81.1 Å². The number of allylic oxidation sites excluding steroid dienone is 5. The quantitative estimate of drug-likeness (QED) is 0.116. The van der Waals surface area contributed by atoms with Gasteiger partial charge in [-0.25, -0.2) is 22.8 Å². The molecule has 5 aromatic heterocycles. The fraction of sp³-hybridized carbons (Fsp3) is 0.363. The van der Waals surface area contributed by atoms with Crippen molar-refractivity contribution in [3.63, 3.8) is 0 Å². The molecule has 10 nitrogen and oxygen atoms in total. The van der Waals surface area contributed by atoms with Gasteiger partial charge >= 0.3 is 0 Å². The van der Waals surface area contributed by atoms with Crippen LogP contribution in [0.15, 0.2) is 273 Å². The van der Waals surface area contributed by atoms with Crippen molar-refractivity contribution in [3.05, 3.63) is 409 Å². The van der Waals surface area contributed by atoms with Gasteiger partial charge in [0.25, 0.3) is 29.1 Å². The lowest BCUT2D eigenvalue weighted by molar-refractivity contribution is -0.755. The molecule has 21 rings (SSSR count). The highest BCUT2D eigenvalue weighted by molar-refractivity contribution is 5.62. The topological polar surface area (TPSA) is 44.0 Å². The Kier molecular flexibility index (Phi) is 24.1. The lowest BCUT2D eigenvalue weighted by Gasteiger charge is -2.35. The Morgan fingerprint density at radius 3 is 1.04 bits per heavy atom. The van der Waals surface area contributed by atoms with Gasteiger partial charge in [0, 0.05) is 68.7 Å². The molecule has 9 aromatic carbocycles. The van der Waals surface area contributed by atoms with Crippen molar-refractivity contribution in [2.24, 2.45) is 11.8 Å². The Labute approximate surface area is 807 Å². The maximum absolute atomic E-state index is 9.47. The van der Waals surface area contributed by atoms with E-state index in [4.69, 9.17) is 2.74 Å². The summed E-state index contributed by atoms with van der Waals surface area (Å²) in [5.74, 6) is 7.12. The molecule has 3 atom stereocenters. The number of fused-ring (bicyclic) bond motifs is 5. The minimum absolute atomic E-state index is 0.00402. The van der Waals surface area contributed by atoms with Crippen molar-refractivity contribution < 1.29 is 28.3 Å². The minimum Gasteiger partial charge on any atom is -0.223 e. The van der Waals surface area contributed by atoms with Gasteiger partial charge in [0.2, 0.25) is 0 Å². The van der Waals surface area contributed by atoms with E-state index in [9.17, 15) is 2.74 Å². The first kappa shape index (κ1) is 88.3. The van der Waals surface area contributed by atoms with Crippen molar-refractivity contribution in [3.8, 4) is 28.4 Å². The molecule has 7 aliphatic rings. The van der Waals surface area contributed by atoms with Crippen molar-refractivity contribution >= 4 is 30.4 Å². The Morgan fingerprint density at radius 2 is 0.627 bits per heavy atom. The third-order valence-corrected chi connectivity index (χ3v) is 28.9. The van der Waals surface area contributed by atoms with Gasteiger partial charge in [-0.2, -0.15) is 22.8 Å². The highest BCUT2D eigenvalue weighted by Gasteiger charge is 2.56. The maximum atomic E-state index is 9.47. The van der Waals surface area contributed by atoms with Crippen LogP contribution < -0.4 is 22.8 Å². The smallest absolute Gasteiger partial charge is 0.223 e. The molecule has 134 heavy (non-hydrogen) atoms. The van der Waals surface area contributed by atoms with E-state index < -0.39 is 18.5 Å². The van der Waals surface area contributed by atoms with Crippen molar-refractivity contribution in [1.29, 1.82) is 0 Å². The number of aromatic nitrogens is 10. The first-order valence-corrected chi connectivity index (χ1v) is 49.3. The summed E-state index contributed by atoms with van der Waals surface area (Å²) in [6.45, 7) is 54.4. The van der Waals surface area contributed by atoms with Crippen LogP contribution in [0.5, 0.6) is 0 Å². The van der Waals surface area contributed by atoms with E-state index in [2.05, 4.69) is 457 Å². The number of rotatable bonds is 11. The molecule has 0 saturated heterocycles. The molecule has 0 bridgehead atoms. The van der Waals surface area contributed by atoms with E-state index in [0.717, 1.165) is 40.0 Å². The standard InChI is InChI=1S/C30H31N2.C29H35N2.C24H27N2.C23H31N2.C18H23N2/c1-22-14-12-13-19-26(22)31-23(2)27-20-21-30(24-15-8-6-9-16-24,25-17-10-7-11-18-25)32(27)28(31)29(3,4)5;1-21-13-9-12-18-25(21)30-22(2)26-19-20-29(24-16-10-11-17-24,23-14-7-6-8-15-23)31(26)27(30)28(3,4)5;1-17-11-9-10-14-20(17)25-18(2)21-15-16-22(19-12-7-6-8-13-19)26(21)23(25)24(3,4)5;1-16-10-6-9-13-19(16)24-17(2)20-14-15-21(18-11-7-8-12-18)25(20)22(24)23(3,4)5;1-13-9-6-7-10-15(13)20-14(2)16-11-8-12-19(16)17(20)18(3,4)5/h6-21H,1-5H3;6-9,12-15,18-20,24H,10-11,16-17H2,1-5H3;6-16,22H,1-5H3;6,9-10,13-15,18,21H,7-8,11-12H2,1-5H3;6-11H,12H2,1-5H3/q5*+1/i;;22D;21D;12D2. The zero-order valence-corrected chi connectivity index (χ0v) is 84.7.